The van der Waals surface area contributed by atoms with Crippen LogP contribution >= 0.6 is 45.5 Å². The fourth-order valence-electron chi connectivity index (χ4n) is 1.39. The van der Waals surface area contributed by atoms with Crippen molar-refractivity contribution in [1.29, 1.82) is 0 Å². The maximum absolute atomic E-state index is 6.15. The highest BCUT2D eigenvalue weighted by molar-refractivity contribution is 14.1. The highest BCUT2D eigenvalue weighted by atomic mass is 127. The Morgan fingerprint density at radius 2 is 2.19 bits per heavy atom. The van der Waals surface area contributed by atoms with Gasteiger partial charge in [-0.15, -0.1) is 11.3 Å². The molecule has 84 valence electrons. The molecule has 0 aliphatic heterocycles. The molecule has 0 unspecified atom stereocenters. The molecule has 1 N–H and O–H groups in total. The minimum Gasteiger partial charge on any atom is -0.379 e. The van der Waals surface area contributed by atoms with Gasteiger partial charge in [-0.2, -0.15) is 0 Å². The normalized spacial score (nSPS) is 10.4. The van der Waals surface area contributed by atoms with E-state index in [4.69, 9.17) is 11.6 Å². The molecule has 0 aliphatic carbocycles. The topological polar surface area (TPSA) is 12.0 Å². The summed E-state index contributed by atoms with van der Waals surface area (Å²) in [5.74, 6) is 0. The third kappa shape index (κ3) is 2.90. The Morgan fingerprint density at radius 1 is 1.38 bits per heavy atom. The zero-order valence-electron chi connectivity index (χ0n) is 8.76. The van der Waals surface area contributed by atoms with Gasteiger partial charge in [0.1, 0.15) is 0 Å². The molecule has 0 saturated carbocycles. The van der Waals surface area contributed by atoms with Crippen LogP contribution in [0.15, 0.2) is 29.6 Å². The second-order valence-electron chi connectivity index (χ2n) is 3.50. The molecule has 1 nitrogen and oxygen atoms in total. The van der Waals surface area contributed by atoms with Gasteiger partial charge >= 0.3 is 0 Å². The lowest BCUT2D eigenvalue weighted by atomic mass is 10.2. The molecule has 0 bridgehead atoms. The summed E-state index contributed by atoms with van der Waals surface area (Å²) in [6, 6.07) is 8.17. The predicted molar refractivity (Wildman–Crippen MR) is 80.6 cm³/mol. The largest absolute Gasteiger partial charge is 0.379 e. The number of hydrogen-bond donors (Lipinski definition) is 1. The second kappa shape index (κ2) is 5.38. The third-order valence-corrected chi connectivity index (χ3v) is 4.35. The van der Waals surface area contributed by atoms with Gasteiger partial charge in [-0.3, -0.25) is 0 Å². The van der Waals surface area contributed by atoms with E-state index in [2.05, 4.69) is 52.3 Å². The molecule has 2 rings (SSSR count). The molecule has 0 saturated heterocycles. The van der Waals surface area contributed by atoms with Crippen molar-refractivity contribution < 1.29 is 0 Å². The van der Waals surface area contributed by atoms with E-state index in [9.17, 15) is 0 Å². The van der Waals surface area contributed by atoms with Crippen molar-refractivity contribution in [3.05, 3.63) is 48.7 Å². The summed E-state index contributed by atoms with van der Waals surface area (Å²) >= 11 is 10.2. The fourth-order valence-corrected chi connectivity index (χ4v) is 3.16. The average molecular weight is 364 g/mol. The van der Waals surface area contributed by atoms with Crippen molar-refractivity contribution in [1.82, 2.24) is 0 Å². The van der Waals surface area contributed by atoms with Crippen LogP contribution in [0.25, 0.3) is 0 Å². The first-order valence-electron chi connectivity index (χ1n) is 4.88. The summed E-state index contributed by atoms with van der Waals surface area (Å²) < 4.78 is 1.15. The van der Waals surface area contributed by atoms with Crippen LogP contribution in [0.5, 0.6) is 0 Å². The summed E-state index contributed by atoms with van der Waals surface area (Å²) in [5.41, 5.74) is 2.33. The minimum atomic E-state index is 0.779. The van der Waals surface area contributed by atoms with E-state index >= 15 is 0 Å². The monoisotopic (exact) mass is 363 g/mol. The highest BCUT2D eigenvalue weighted by Gasteiger charge is 2.03. The van der Waals surface area contributed by atoms with E-state index in [1.807, 2.05) is 12.1 Å². The molecule has 2 aromatic rings. The Bertz CT molecular complexity index is 496. The molecule has 0 atom stereocenters. The zero-order valence-corrected chi connectivity index (χ0v) is 12.5. The van der Waals surface area contributed by atoms with Crippen LogP contribution in [0.1, 0.15) is 10.4 Å². The van der Waals surface area contributed by atoms with Crippen LogP contribution in [-0.2, 0) is 6.54 Å². The van der Waals surface area contributed by atoms with Crippen molar-refractivity contribution in [2.24, 2.45) is 0 Å². The standard InChI is InChI=1S/C12H11ClINS/c1-8-4-5-16-12(8)7-15-11-3-2-9(14)6-10(11)13/h2-6,15H,7H2,1H3. The van der Waals surface area contributed by atoms with Gasteiger partial charge in [0, 0.05) is 15.0 Å². The van der Waals surface area contributed by atoms with E-state index < -0.39 is 0 Å². The summed E-state index contributed by atoms with van der Waals surface area (Å²) in [5, 5.41) is 6.25. The molecule has 16 heavy (non-hydrogen) atoms. The van der Waals surface area contributed by atoms with Gasteiger partial charge in [0.15, 0.2) is 0 Å². The van der Waals surface area contributed by atoms with Crippen molar-refractivity contribution in [2.75, 3.05) is 5.32 Å². The SMILES string of the molecule is Cc1ccsc1CNc1ccc(I)cc1Cl. The molecule has 4 heteroatoms. The first-order valence-corrected chi connectivity index (χ1v) is 7.22. The van der Waals surface area contributed by atoms with Crippen molar-refractivity contribution >= 4 is 51.2 Å². The number of hydrogen-bond acceptors (Lipinski definition) is 2. The second-order valence-corrected chi connectivity index (χ2v) is 6.16. The number of rotatable bonds is 3. The average Bonchev–Trinajstić information content (AvgIpc) is 2.63. The molecule has 0 fully saturated rings. The van der Waals surface area contributed by atoms with Gasteiger partial charge in [-0.05, 0) is 64.7 Å². The molecular formula is C12H11ClINS. The van der Waals surface area contributed by atoms with Gasteiger partial charge in [0.2, 0.25) is 0 Å². The maximum Gasteiger partial charge on any atom is 0.0648 e. The first-order chi connectivity index (χ1) is 7.66. The fraction of sp³-hybridized carbons (Fsp3) is 0.167. The minimum absolute atomic E-state index is 0.779. The van der Waals surface area contributed by atoms with Gasteiger partial charge in [-0.25, -0.2) is 0 Å². The first kappa shape index (κ1) is 12.2. The number of anilines is 1. The van der Waals surface area contributed by atoms with Crippen LogP contribution in [0.3, 0.4) is 0 Å². The van der Waals surface area contributed by atoms with Gasteiger partial charge in [-0.1, -0.05) is 11.6 Å². The van der Waals surface area contributed by atoms with E-state index in [-0.39, 0.29) is 0 Å². The number of halogens is 2. The van der Waals surface area contributed by atoms with Crippen LogP contribution in [0.4, 0.5) is 5.69 Å². The van der Waals surface area contributed by atoms with Crippen molar-refractivity contribution in [2.45, 2.75) is 13.5 Å². The molecule has 1 aromatic carbocycles. The summed E-state index contributed by atoms with van der Waals surface area (Å²) in [6.07, 6.45) is 0. The van der Waals surface area contributed by atoms with Crippen LogP contribution in [0.2, 0.25) is 5.02 Å². The molecule has 0 aliphatic rings. The van der Waals surface area contributed by atoms with Gasteiger partial charge in [0.25, 0.3) is 0 Å². The maximum atomic E-state index is 6.15. The lowest BCUT2D eigenvalue weighted by Gasteiger charge is -2.08. The zero-order chi connectivity index (χ0) is 11.5. The Labute approximate surface area is 118 Å². The van der Waals surface area contributed by atoms with Crippen molar-refractivity contribution in [3.63, 3.8) is 0 Å². The van der Waals surface area contributed by atoms with E-state index in [1.54, 1.807) is 11.3 Å². The smallest absolute Gasteiger partial charge is 0.0648 e. The predicted octanol–water partition coefficient (Wildman–Crippen LogP) is 4.93. The summed E-state index contributed by atoms with van der Waals surface area (Å²) in [6.45, 7) is 2.97. The summed E-state index contributed by atoms with van der Waals surface area (Å²) in [7, 11) is 0. The summed E-state index contributed by atoms with van der Waals surface area (Å²) in [4.78, 5) is 1.36. The highest BCUT2D eigenvalue weighted by Crippen LogP contribution is 2.25. The van der Waals surface area contributed by atoms with Crippen LogP contribution < -0.4 is 5.32 Å². The number of thiophene rings is 1. The quantitative estimate of drug-likeness (QED) is 0.763. The Kier molecular flexibility index (Phi) is 4.10. The van der Waals surface area contributed by atoms with Crippen molar-refractivity contribution in [3.8, 4) is 0 Å². The van der Waals surface area contributed by atoms with E-state index in [1.165, 1.54) is 10.4 Å². The Balaban J connectivity index is 2.08. The molecule has 0 radical (unpaired) electrons. The molecule has 1 heterocycles. The number of aryl methyl sites for hydroxylation is 1. The lowest BCUT2D eigenvalue weighted by Crippen LogP contribution is -1.99. The molecule has 0 spiro atoms. The van der Waals surface area contributed by atoms with E-state index in [0.29, 0.717) is 0 Å². The van der Waals surface area contributed by atoms with Crippen LogP contribution in [0, 0.1) is 10.5 Å². The Morgan fingerprint density at radius 3 is 2.81 bits per heavy atom. The number of benzene rings is 1. The van der Waals surface area contributed by atoms with E-state index in [0.717, 1.165) is 20.8 Å². The Hall–Kier alpha value is -0.260. The van der Waals surface area contributed by atoms with Gasteiger partial charge < -0.3 is 5.32 Å². The molecule has 0 amide bonds. The molecular weight excluding hydrogens is 353 g/mol. The third-order valence-electron chi connectivity index (χ3n) is 2.34. The molecule has 1 aromatic heterocycles. The number of nitrogens with one attached hydrogen (secondary N) is 1. The van der Waals surface area contributed by atoms with Gasteiger partial charge in [0.05, 0.1) is 10.7 Å². The lowest BCUT2D eigenvalue weighted by molar-refractivity contribution is 1.17. The van der Waals surface area contributed by atoms with Crippen LogP contribution in [-0.4, -0.2) is 0 Å².